The molecule has 0 aromatic carbocycles. The molecule has 0 radical (unpaired) electrons. The van der Waals surface area contributed by atoms with Gasteiger partial charge in [0.1, 0.15) is 0 Å². The maximum absolute atomic E-state index is 11.3. The predicted octanol–water partition coefficient (Wildman–Crippen LogP) is 1.26. The van der Waals surface area contributed by atoms with Gasteiger partial charge in [-0.05, 0) is 20.3 Å². The summed E-state index contributed by atoms with van der Waals surface area (Å²) >= 11 is 0. The van der Waals surface area contributed by atoms with E-state index in [2.05, 4.69) is 13.8 Å². The Kier molecular flexibility index (Phi) is 1.97. The van der Waals surface area contributed by atoms with E-state index < -0.39 is 0 Å². The minimum atomic E-state index is 0.266. The van der Waals surface area contributed by atoms with Crippen molar-refractivity contribution in [1.82, 2.24) is 4.90 Å². The van der Waals surface area contributed by atoms with Crippen LogP contribution in [-0.4, -0.2) is 23.4 Å². The molecule has 0 unspecified atom stereocenters. The van der Waals surface area contributed by atoms with Crippen LogP contribution in [0.15, 0.2) is 0 Å². The molecule has 0 aromatic heterocycles. The van der Waals surface area contributed by atoms with Gasteiger partial charge >= 0.3 is 0 Å². The molecule has 0 N–H and O–H groups in total. The van der Waals surface area contributed by atoms with Crippen LogP contribution in [0, 0.1) is 5.92 Å². The van der Waals surface area contributed by atoms with Crippen LogP contribution in [0.1, 0.15) is 27.2 Å². The van der Waals surface area contributed by atoms with Crippen molar-refractivity contribution >= 4 is 5.91 Å². The van der Waals surface area contributed by atoms with Crippen LogP contribution in [0.2, 0.25) is 0 Å². The van der Waals surface area contributed by atoms with E-state index in [-0.39, 0.29) is 5.92 Å². The third kappa shape index (κ3) is 1.15. The summed E-state index contributed by atoms with van der Waals surface area (Å²) in [5, 5.41) is 0. The van der Waals surface area contributed by atoms with Crippen molar-refractivity contribution < 1.29 is 4.79 Å². The normalized spacial score (nSPS) is 26.6. The molecule has 10 heavy (non-hydrogen) atoms. The Hall–Kier alpha value is -0.530. The van der Waals surface area contributed by atoms with Crippen LogP contribution in [0.3, 0.4) is 0 Å². The maximum atomic E-state index is 11.3. The first-order valence-electron chi connectivity index (χ1n) is 3.93. The van der Waals surface area contributed by atoms with Gasteiger partial charge in [-0.1, -0.05) is 6.92 Å². The van der Waals surface area contributed by atoms with E-state index >= 15 is 0 Å². The number of hydrogen-bond acceptors (Lipinski definition) is 1. The van der Waals surface area contributed by atoms with Gasteiger partial charge in [0.25, 0.3) is 0 Å². The van der Waals surface area contributed by atoms with Gasteiger partial charge in [-0.3, -0.25) is 4.79 Å². The lowest BCUT2D eigenvalue weighted by atomic mass is 10.1. The Bertz CT molecular complexity index is 142. The molecule has 0 bridgehead atoms. The quantitative estimate of drug-likeness (QED) is 0.538. The number of carbonyl (C=O) groups excluding carboxylic acids is 1. The number of likely N-dealkylation sites (tertiary alicyclic amines) is 1. The zero-order chi connectivity index (χ0) is 7.72. The molecule has 1 rings (SSSR count). The lowest BCUT2D eigenvalue weighted by Crippen LogP contribution is -2.33. The van der Waals surface area contributed by atoms with Gasteiger partial charge < -0.3 is 4.90 Å². The molecule has 1 saturated heterocycles. The molecule has 0 aliphatic carbocycles. The summed E-state index contributed by atoms with van der Waals surface area (Å²) in [7, 11) is 0. The van der Waals surface area contributed by atoms with E-state index in [1.54, 1.807) is 0 Å². The minimum absolute atomic E-state index is 0.266. The molecule has 2 nitrogen and oxygen atoms in total. The molecule has 1 heterocycles. The van der Waals surface area contributed by atoms with Crippen molar-refractivity contribution in [2.24, 2.45) is 5.92 Å². The molecular formula is C8H15NO. The Morgan fingerprint density at radius 3 is 2.40 bits per heavy atom. The van der Waals surface area contributed by atoms with E-state index in [0.29, 0.717) is 11.9 Å². The molecule has 1 amide bonds. The maximum Gasteiger partial charge on any atom is 0.225 e. The standard InChI is InChI=1S/C8H15NO/c1-6(2)9-5-4-7(3)8(9)10/h6-7H,4-5H2,1-3H3/t7-/m1/s1. The van der Waals surface area contributed by atoms with E-state index in [9.17, 15) is 4.79 Å². The summed E-state index contributed by atoms with van der Waals surface area (Å²) < 4.78 is 0. The Balaban J connectivity index is 2.57. The molecule has 58 valence electrons. The van der Waals surface area contributed by atoms with Crippen LogP contribution in [-0.2, 0) is 4.79 Å². The predicted molar refractivity (Wildman–Crippen MR) is 40.6 cm³/mol. The van der Waals surface area contributed by atoms with Gasteiger partial charge in [-0.15, -0.1) is 0 Å². The van der Waals surface area contributed by atoms with Crippen molar-refractivity contribution in [2.75, 3.05) is 6.54 Å². The van der Waals surface area contributed by atoms with Crippen molar-refractivity contribution in [3.8, 4) is 0 Å². The number of hydrogen-bond donors (Lipinski definition) is 0. The lowest BCUT2D eigenvalue weighted by molar-refractivity contribution is -0.131. The fraction of sp³-hybridized carbons (Fsp3) is 0.875. The largest absolute Gasteiger partial charge is 0.340 e. The molecule has 1 aliphatic rings. The smallest absolute Gasteiger partial charge is 0.225 e. The first kappa shape index (κ1) is 7.58. The van der Waals surface area contributed by atoms with E-state index in [0.717, 1.165) is 13.0 Å². The summed E-state index contributed by atoms with van der Waals surface area (Å²) in [4.78, 5) is 13.2. The number of rotatable bonds is 1. The summed E-state index contributed by atoms with van der Waals surface area (Å²) in [6, 6.07) is 0.387. The molecule has 0 spiro atoms. The first-order chi connectivity index (χ1) is 4.63. The van der Waals surface area contributed by atoms with Crippen molar-refractivity contribution in [2.45, 2.75) is 33.2 Å². The van der Waals surface area contributed by atoms with E-state index in [4.69, 9.17) is 0 Å². The van der Waals surface area contributed by atoms with Gasteiger partial charge in [0.2, 0.25) is 5.91 Å². The van der Waals surface area contributed by atoms with Crippen LogP contribution in [0.25, 0.3) is 0 Å². The molecular weight excluding hydrogens is 126 g/mol. The van der Waals surface area contributed by atoms with Crippen LogP contribution in [0.4, 0.5) is 0 Å². The highest BCUT2D eigenvalue weighted by Gasteiger charge is 2.28. The van der Waals surface area contributed by atoms with Gasteiger partial charge in [-0.2, -0.15) is 0 Å². The number of carbonyl (C=O) groups is 1. The van der Waals surface area contributed by atoms with Crippen LogP contribution >= 0.6 is 0 Å². The zero-order valence-electron chi connectivity index (χ0n) is 6.92. The highest BCUT2D eigenvalue weighted by Crippen LogP contribution is 2.18. The second-order valence-corrected chi connectivity index (χ2v) is 3.32. The minimum Gasteiger partial charge on any atom is -0.340 e. The van der Waals surface area contributed by atoms with E-state index in [1.165, 1.54) is 0 Å². The van der Waals surface area contributed by atoms with Gasteiger partial charge in [0.05, 0.1) is 0 Å². The first-order valence-corrected chi connectivity index (χ1v) is 3.93. The fourth-order valence-electron chi connectivity index (χ4n) is 1.36. The van der Waals surface area contributed by atoms with Gasteiger partial charge in [0.15, 0.2) is 0 Å². The SMILES string of the molecule is CC(C)N1CC[C@@H](C)C1=O. The second kappa shape index (κ2) is 2.60. The average Bonchev–Trinajstić information content (AvgIpc) is 2.14. The highest BCUT2D eigenvalue weighted by atomic mass is 16.2. The molecule has 1 fully saturated rings. The third-order valence-corrected chi connectivity index (χ3v) is 2.13. The van der Waals surface area contributed by atoms with Crippen LogP contribution < -0.4 is 0 Å². The van der Waals surface area contributed by atoms with Crippen molar-refractivity contribution in [3.05, 3.63) is 0 Å². The topological polar surface area (TPSA) is 20.3 Å². The average molecular weight is 141 g/mol. The summed E-state index contributed by atoms with van der Waals surface area (Å²) in [6.45, 7) is 7.09. The number of nitrogens with zero attached hydrogens (tertiary/aromatic N) is 1. The monoisotopic (exact) mass is 141 g/mol. The van der Waals surface area contributed by atoms with Crippen molar-refractivity contribution in [1.29, 1.82) is 0 Å². The number of amides is 1. The Morgan fingerprint density at radius 2 is 2.20 bits per heavy atom. The van der Waals surface area contributed by atoms with Crippen LogP contribution in [0.5, 0.6) is 0 Å². The zero-order valence-corrected chi connectivity index (χ0v) is 6.92. The lowest BCUT2D eigenvalue weighted by Gasteiger charge is -2.20. The molecule has 1 atom stereocenters. The fourth-order valence-corrected chi connectivity index (χ4v) is 1.36. The third-order valence-electron chi connectivity index (χ3n) is 2.13. The van der Waals surface area contributed by atoms with Crippen molar-refractivity contribution in [3.63, 3.8) is 0 Å². The van der Waals surface area contributed by atoms with Gasteiger partial charge in [0, 0.05) is 18.5 Å². The molecule has 0 saturated carbocycles. The molecule has 2 heteroatoms. The summed E-state index contributed by atoms with van der Waals surface area (Å²) in [6.07, 6.45) is 1.04. The van der Waals surface area contributed by atoms with E-state index in [1.807, 2.05) is 11.8 Å². The highest BCUT2D eigenvalue weighted by molar-refractivity contribution is 5.80. The summed E-state index contributed by atoms with van der Waals surface area (Å²) in [5.41, 5.74) is 0. The second-order valence-electron chi connectivity index (χ2n) is 3.32. The Labute approximate surface area is 62.2 Å². The molecule has 1 aliphatic heterocycles. The summed E-state index contributed by atoms with van der Waals surface area (Å²) in [5.74, 6) is 0.595. The molecule has 0 aromatic rings. The Morgan fingerprint density at radius 1 is 1.60 bits per heavy atom. The van der Waals surface area contributed by atoms with Gasteiger partial charge in [-0.25, -0.2) is 0 Å².